The van der Waals surface area contributed by atoms with Crippen LogP contribution in [0.4, 0.5) is 0 Å². The summed E-state index contributed by atoms with van der Waals surface area (Å²) in [4.78, 5) is 0.251. The van der Waals surface area contributed by atoms with Gasteiger partial charge in [0.2, 0.25) is 10.0 Å². The van der Waals surface area contributed by atoms with Crippen molar-refractivity contribution >= 4 is 19.9 Å². The lowest BCUT2D eigenvalue weighted by Gasteiger charge is -2.38. The molecule has 0 aliphatic carbocycles. The van der Waals surface area contributed by atoms with E-state index in [-0.39, 0.29) is 34.0 Å². The normalized spacial score (nSPS) is 23.8. The average Bonchev–Trinajstić information content (AvgIpc) is 2.54. The van der Waals surface area contributed by atoms with Gasteiger partial charge in [0.05, 0.1) is 15.5 Å². The highest BCUT2D eigenvalue weighted by Crippen LogP contribution is 2.29. The predicted molar refractivity (Wildman–Crippen MR) is 89.3 cm³/mol. The van der Waals surface area contributed by atoms with Crippen LogP contribution in [0.2, 0.25) is 0 Å². The molecule has 1 fully saturated rings. The smallest absolute Gasteiger partial charge is 0.243 e. The lowest BCUT2D eigenvalue weighted by Crippen LogP contribution is -2.51. The van der Waals surface area contributed by atoms with Crippen molar-refractivity contribution in [2.75, 3.05) is 18.8 Å². The van der Waals surface area contributed by atoms with Crippen LogP contribution >= 0.6 is 0 Å². The third-order valence-electron chi connectivity index (χ3n) is 4.48. The second-order valence-corrected chi connectivity index (χ2v) is 10.1. The second-order valence-electron chi connectivity index (χ2n) is 5.91. The van der Waals surface area contributed by atoms with Crippen molar-refractivity contribution in [3.63, 3.8) is 0 Å². The first-order valence-electron chi connectivity index (χ1n) is 7.78. The van der Waals surface area contributed by atoms with E-state index in [1.54, 1.807) is 6.92 Å². The molecule has 1 saturated heterocycles. The Hall–Kier alpha value is -0.960. The highest BCUT2D eigenvalue weighted by atomic mass is 32.2. The van der Waals surface area contributed by atoms with Crippen molar-refractivity contribution in [1.82, 2.24) is 4.31 Å². The molecule has 0 unspecified atom stereocenters. The zero-order chi connectivity index (χ0) is 17.3. The minimum atomic E-state index is -3.67. The van der Waals surface area contributed by atoms with E-state index in [1.807, 2.05) is 6.92 Å². The van der Waals surface area contributed by atoms with Gasteiger partial charge in [0.25, 0.3) is 0 Å². The molecule has 1 aliphatic rings. The molecular weight excluding hydrogens is 336 g/mol. The Balaban J connectivity index is 2.36. The molecule has 6 nitrogen and oxygen atoms in total. The fourth-order valence-electron chi connectivity index (χ4n) is 2.98. The summed E-state index contributed by atoms with van der Waals surface area (Å²) in [6.07, 6.45) is 1.76. The quantitative estimate of drug-likeness (QED) is 0.852. The third kappa shape index (κ3) is 3.60. The van der Waals surface area contributed by atoms with Gasteiger partial charge in [-0.3, -0.25) is 0 Å². The van der Waals surface area contributed by atoms with Gasteiger partial charge in [-0.2, -0.15) is 4.31 Å². The monoisotopic (exact) mass is 360 g/mol. The third-order valence-corrected chi connectivity index (χ3v) is 8.16. The molecule has 0 radical (unpaired) electrons. The average molecular weight is 361 g/mol. The van der Waals surface area contributed by atoms with E-state index in [0.29, 0.717) is 6.54 Å². The SMILES string of the molecule is CCS(=O)(=O)c1ccc(S(=O)(=O)N2CCC[C@@H](C)[C@@H]2CN)cc1. The molecule has 130 valence electrons. The maximum atomic E-state index is 12.9. The Morgan fingerprint density at radius 1 is 1.13 bits per heavy atom. The molecule has 0 aromatic heterocycles. The van der Waals surface area contributed by atoms with Crippen LogP contribution in [0.3, 0.4) is 0 Å². The summed E-state index contributed by atoms with van der Waals surface area (Å²) in [7, 11) is -7.00. The molecule has 0 amide bonds. The van der Waals surface area contributed by atoms with Gasteiger partial charge < -0.3 is 5.73 Å². The minimum absolute atomic E-state index is 0.0159. The molecule has 8 heteroatoms. The van der Waals surface area contributed by atoms with Crippen molar-refractivity contribution in [3.8, 4) is 0 Å². The zero-order valence-corrected chi connectivity index (χ0v) is 15.1. The number of hydrogen-bond acceptors (Lipinski definition) is 5. The second kappa shape index (κ2) is 6.88. The van der Waals surface area contributed by atoms with Crippen molar-refractivity contribution in [3.05, 3.63) is 24.3 Å². The Labute approximate surface area is 138 Å². The number of sulfonamides is 1. The molecule has 1 heterocycles. The molecule has 23 heavy (non-hydrogen) atoms. The van der Waals surface area contributed by atoms with Crippen LogP contribution in [-0.4, -0.2) is 46.0 Å². The molecule has 0 spiro atoms. The Morgan fingerprint density at radius 3 is 2.22 bits per heavy atom. The lowest BCUT2D eigenvalue weighted by molar-refractivity contribution is 0.192. The molecular formula is C15H24N2O4S2. The fraction of sp³-hybridized carbons (Fsp3) is 0.600. The van der Waals surface area contributed by atoms with E-state index < -0.39 is 19.9 Å². The van der Waals surface area contributed by atoms with Crippen LogP contribution in [0, 0.1) is 5.92 Å². The van der Waals surface area contributed by atoms with Crippen LogP contribution in [0.5, 0.6) is 0 Å². The molecule has 1 aromatic rings. The van der Waals surface area contributed by atoms with E-state index in [2.05, 4.69) is 0 Å². The Kier molecular flexibility index (Phi) is 5.50. The summed E-state index contributed by atoms with van der Waals surface area (Å²) in [6.45, 7) is 4.29. The van der Waals surface area contributed by atoms with Crippen molar-refractivity contribution in [2.24, 2.45) is 11.7 Å². The number of hydrogen-bond donors (Lipinski definition) is 1. The summed E-state index contributed by atoms with van der Waals surface area (Å²) in [6, 6.07) is 5.23. The maximum absolute atomic E-state index is 12.9. The van der Waals surface area contributed by atoms with Gasteiger partial charge in [-0.15, -0.1) is 0 Å². The van der Waals surface area contributed by atoms with Crippen molar-refractivity contribution in [2.45, 2.75) is 42.5 Å². The number of nitrogens with two attached hydrogens (primary N) is 1. The number of benzene rings is 1. The molecule has 1 aliphatic heterocycles. The number of sulfone groups is 1. The summed E-state index contributed by atoms with van der Waals surface area (Å²) in [5.41, 5.74) is 5.77. The summed E-state index contributed by atoms with van der Waals surface area (Å²) >= 11 is 0. The first-order chi connectivity index (χ1) is 10.7. The zero-order valence-electron chi connectivity index (χ0n) is 13.5. The summed E-state index contributed by atoms with van der Waals surface area (Å²) < 4.78 is 50.8. The van der Waals surface area contributed by atoms with Crippen LogP contribution < -0.4 is 5.73 Å². The van der Waals surface area contributed by atoms with Gasteiger partial charge in [-0.1, -0.05) is 13.8 Å². The van der Waals surface area contributed by atoms with E-state index in [1.165, 1.54) is 28.6 Å². The Morgan fingerprint density at radius 2 is 1.70 bits per heavy atom. The first kappa shape index (κ1) is 18.4. The number of nitrogens with zero attached hydrogens (tertiary/aromatic N) is 1. The van der Waals surface area contributed by atoms with Gasteiger partial charge in [0, 0.05) is 19.1 Å². The van der Waals surface area contributed by atoms with Gasteiger partial charge >= 0.3 is 0 Å². The largest absolute Gasteiger partial charge is 0.329 e. The molecule has 0 bridgehead atoms. The minimum Gasteiger partial charge on any atom is -0.329 e. The predicted octanol–water partition coefficient (Wildman–Crippen LogP) is 1.23. The first-order valence-corrected chi connectivity index (χ1v) is 10.9. The van der Waals surface area contributed by atoms with Gasteiger partial charge in [-0.25, -0.2) is 16.8 Å². The molecule has 0 saturated carbocycles. The van der Waals surface area contributed by atoms with E-state index in [0.717, 1.165) is 12.8 Å². The standard InChI is InChI=1S/C15H24N2O4S2/c1-3-22(18,19)13-6-8-14(9-7-13)23(20,21)17-10-4-5-12(2)15(17)11-16/h6-9,12,15H,3-5,10-11,16H2,1-2H3/t12-,15+/m1/s1. The van der Waals surface area contributed by atoms with E-state index in [9.17, 15) is 16.8 Å². The highest BCUT2D eigenvalue weighted by Gasteiger charge is 2.36. The fourth-order valence-corrected chi connectivity index (χ4v) is 5.64. The van der Waals surface area contributed by atoms with Crippen LogP contribution in [0.25, 0.3) is 0 Å². The molecule has 1 aromatic carbocycles. The highest BCUT2D eigenvalue weighted by molar-refractivity contribution is 7.91. The van der Waals surface area contributed by atoms with Crippen molar-refractivity contribution < 1.29 is 16.8 Å². The molecule has 2 N–H and O–H groups in total. The Bertz CT molecular complexity index is 742. The van der Waals surface area contributed by atoms with Gasteiger partial charge in [-0.05, 0) is 43.0 Å². The van der Waals surface area contributed by atoms with E-state index >= 15 is 0 Å². The summed E-state index contributed by atoms with van der Waals surface area (Å²) in [5, 5.41) is 0. The number of rotatable bonds is 5. The number of piperidine rings is 1. The lowest BCUT2D eigenvalue weighted by atomic mass is 9.93. The van der Waals surface area contributed by atoms with E-state index in [4.69, 9.17) is 5.73 Å². The van der Waals surface area contributed by atoms with Crippen LogP contribution in [0.15, 0.2) is 34.1 Å². The topological polar surface area (TPSA) is 97.5 Å². The molecule has 2 rings (SSSR count). The van der Waals surface area contributed by atoms with Crippen LogP contribution in [0.1, 0.15) is 26.7 Å². The van der Waals surface area contributed by atoms with Gasteiger partial charge in [0.1, 0.15) is 0 Å². The molecule has 2 atom stereocenters. The van der Waals surface area contributed by atoms with Crippen LogP contribution in [-0.2, 0) is 19.9 Å². The van der Waals surface area contributed by atoms with Gasteiger partial charge in [0.15, 0.2) is 9.84 Å². The maximum Gasteiger partial charge on any atom is 0.243 e. The summed E-state index contributed by atoms with van der Waals surface area (Å²) in [5.74, 6) is 0.195. The van der Waals surface area contributed by atoms with Crippen molar-refractivity contribution in [1.29, 1.82) is 0 Å².